The maximum atomic E-state index is 12.5. The lowest BCUT2D eigenvalue weighted by Crippen LogP contribution is -2.66. The SMILES string of the molecule is COc1cccc(C23CCN(Cc4ccccc4)CC2(O)Cc2c([nH]c4ccccc24)C3)c1. The lowest BCUT2D eigenvalue weighted by Gasteiger charge is -2.56. The van der Waals surface area contributed by atoms with Crippen molar-refractivity contribution in [1.82, 2.24) is 9.88 Å². The third kappa shape index (κ3) is 3.28. The van der Waals surface area contributed by atoms with Crippen LogP contribution in [0.5, 0.6) is 5.75 Å². The van der Waals surface area contributed by atoms with Gasteiger partial charge in [0.2, 0.25) is 0 Å². The molecule has 2 unspecified atom stereocenters. The zero-order valence-electron chi connectivity index (χ0n) is 19.1. The summed E-state index contributed by atoms with van der Waals surface area (Å²) in [5.74, 6) is 0.846. The van der Waals surface area contributed by atoms with E-state index in [1.54, 1.807) is 7.11 Å². The summed E-state index contributed by atoms with van der Waals surface area (Å²) in [5.41, 5.74) is 4.93. The fourth-order valence-electron chi connectivity index (χ4n) is 6.28. The third-order valence-corrected chi connectivity index (χ3v) is 7.95. The van der Waals surface area contributed by atoms with Crippen molar-refractivity contribution in [3.05, 3.63) is 101 Å². The predicted octanol–water partition coefficient (Wildman–Crippen LogP) is 4.85. The van der Waals surface area contributed by atoms with Gasteiger partial charge in [0.05, 0.1) is 12.7 Å². The van der Waals surface area contributed by atoms with E-state index < -0.39 is 5.60 Å². The number of benzene rings is 3. The summed E-state index contributed by atoms with van der Waals surface area (Å²) in [6.45, 7) is 2.46. The van der Waals surface area contributed by atoms with Gasteiger partial charge < -0.3 is 14.8 Å². The van der Waals surface area contributed by atoms with Crippen LogP contribution >= 0.6 is 0 Å². The van der Waals surface area contributed by atoms with Gasteiger partial charge in [-0.1, -0.05) is 60.7 Å². The Labute approximate surface area is 194 Å². The maximum Gasteiger partial charge on any atom is 0.119 e. The molecule has 0 saturated carbocycles. The molecule has 168 valence electrons. The summed E-state index contributed by atoms with van der Waals surface area (Å²) in [6.07, 6.45) is 2.35. The van der Waals surface area contributed by atoms with E-state index in [0.717, 1.165) is 37.2 Å². The topological polar surface area (TPSA) is 48.5 Å². The highest BCUT2D eigenvalue weighted by molar-refractivity contribution is 5.85. The van der Waals surface area contributed by atoms with E-state index in [0.29, 0.717) is 13.0 Å². The highest BCUT2D eigenvalue weighted by Gasteiger charge is 2.57. The first kappa shape index (κ1) is 20.5. The van der Waals surface area contributed by atoms with Gasteiger partial charge in [0, 0.05) is 47.9 Å². The number of fused-ring (bicyclic) bond motifs is 4. The van der Waals surface area contributed by atoms with Crippen LogP contribution in [-0.4, -0.2) is 40.8 Å². The number of aromatic nitrogens is 1. The quantitative estimate of drug-likeness (QED) is 0.479. The first-order valence-electron chi connectivity index (χ1n) is 11.8. The van der Waals surface area contributed by atoms with Gasteiger partial charge >= 0.3 is 0 Å². The molecule has 1 saturated heterocycles. The molecule has 1 aromatic heterocycles. The van der Waals surface area contributed by atoms with Crippen LogP contribution in [-0.2, 0) is 24.8 Å². The van der Waals surface area contributed by atoms with Gasteiger partial charge in [0.25, 0.3) is 0 Å². The molecule has 2 atom stereocenters. The van der Waals surface area contributed by atoms with Gasteiger partial charge in [-0.3, -0.25) is 4.90 Å². The normalized spacial score (nSPS) is 24.9. The van der Waals surface area contributed by atoms with E-state index in [1.807, 2.05) is 6.07 Å². The number of β-amino-alcohol motifs (C(OH)–C–C–N with tert-alkyl or cyclic N) is 1. The highest BCUT2D eigenvalue weighted by Crippen LogP contribution is 2.52. The summed E-state index contributed by atoms with van der Waals surface area (Å²) in [4.78, 5) is 6.11. The van der Waals surface area contributed by atoms with Crippen LogP contribution in [0.3, 0.4) is 0 Å². The maximum absolute atomic E-state index is 12.5. The molecule has 4 aromatic rings. The molecule has 1 aliphatic heterocycles. The second-order valence-electron chi connectivity index (χ2n) is 9.77. The lowest BCUT2D eigenvalue weighted by molar-refractivity contribution is -0.105. The number of rotatable bonds is 4. The number of aromatic amines is 1. The molecule has 4 nitrogen and oxygen atoms in total. The van der Waals surface area contributed by atoms with Gasteiger partial charge in [0.1, 0.15) is 5.75 Å². The molecular weight excluding hydrogens is 408 g/mol. The molecule has 2 N–H and O–H groups in total. The number of hydrogen-bond donors (Lipinski definition) is 2. The Balaban J connectivity index is 1.45. The van der Waals surface area contributed by atoms with Crippen molar-refractivity contribution in [2.75, 3.05) is 20.2 Å². The smallest absolute Gasteiger partial charge is 0.119 e. The van der Waals surface area contributed by atoms with E-state index in [4.69, 9.17) is 4.74 Å². The van der Waals surface area contributed by atoms with Gasteiger partial charge in [-0.2, -0.15) is 0 Å². The molecule has 2 heterocycles. The minimum Gasteiger partial charge on any atom is -0.497 e. The van der Waals surface area contributed by atoms with Crippen LogP contribution in [0, 0.1) is 0 Å². The van der Waals surface area contributed by atoms with Crippen LogP contribution in [0.25, 0.3) is 10.9 Å². The highest BCUT2D eigenvalue weighted by atomic mass is 16.5. The number of piperidine rings is 1. The monoisotopic (exact) mass is 438 g/mol. The standard InChI is InChI=1S/C29H30N2O2/c1-33-23-11-7-10-22(16-23)28-14-15-31(19-21-8-3-2-4-9-21)20-29(28,32)17-25-24-12-5-6-13-26(24)30-27(25)18-28/h2-13,16,30,32H,14-15,17-20H2,1H3. The Hall–Kier alpha value is -3.08. The number of ether oxygens (including phenoxy) is 1. The zero-order chi connectivity index (χ0) is 22.5. The van der Waals surface area contributed by atoms with E-state index in [9.17, 15) is 5.11 Å². The Morgan fingerprint density at radius 1 is 0.970 bits per heavy atom. The second-order valence-corrected chi connectivity index (χ2v) is 9.77. The Morgan fingerprint density at radius 2 is 1.79 bits per heavy atom. The van der Waals surface area contributed by atoms with E-state index in [1.165, 1.54) is 27.8 Å². The number of methoxy groups -OCH3 is 1. The molecule has 6 rings (SSSR count). The Kier molecular flexibility index (Phi) is 4.82. The molecule has 0 radical (unpaired) electrons. The van der Waals surface area contributed by atoms with Gasteiger partial charge in [-0.05, 0) is 47.9 Å². The van der Waals surface area contributed by atoms with Crippen molar-refractivity contribution in [3.63, 3.8) is 0 Å². The van der Waals surface area contributed by atoms with Gasteiger partial charge in [-0.15, -0.1) is 0 Å². The van der Waals surface area contributed by atoms with Crippen LogP contribution in [0.2, 0.25) is 0 Å². The fourth-order valence-corrected chi connectivity index (χ4v) is 6.28. The average Bonchev–Trinajstić information content (AvgIpc) is 3.19. The number of nitrogens with one attached hydrogen (secondary N) is 1. The number of hydrogen-bond acceptors (Lipinski definition) is 3. The number of para-hydroxylation sites is 1. The molecule has 1 fully saturated rings. The zero-order valence-corrected chi connectivity index (χ0v) is 19.1. The average molecular weight is 439 g/mol. The first-order chi connectivity index (χ1) is 16.1. The summed E-state index contributed by atoms with van der Waals surface area (Å²) >= 11 is 0. The molecule has 4 heteroatoms. The van der Waals surface area contributed by atoms with Crippen molar-refractivity contribution < 1.29 is 9.84 Å². The minimum absolute atomic E-state index is 0.359. The van der Waals surface area contributed by atoms with Crippen LogP contribution < -0.4 is 4.74 Å². The molecule has 3 aromatic carbocycles. The second kappa shape index (κ2) is 7.75. The molecule has 0 amide bonds. The lowest BCUT2D eigenvalue weighted by atomic mass is 9.56. The predicted molar refractivity (Wildman–Crippen MR) is 132 cm³/mol. The molecule has 0 bridgehead atoms. The van der Waals surface area contributed by atoms with Crippen LogP contribution in [0.1, 0.15) is 28.8 Å². The van der Waals surface area contributed by atoms with Crippen LogP contribution in [0.15, 0.2) is 78.9 Å². The first-order valence-corrected chi connectivity index (χ1v) is 11.8. The Bertz CT molecular complexity index is 1300. The summed E-state index contributed by atoms with van der Waals surface area (Å²) < 4.78 is 5.57. The number of nitrogens with zero attached hydrogens (tertiary/aromatic N) is 1. The van der Waals surface area contributed by atoms with Crippen molar-refractivity contribution in [2.24, 2.45) is 0 Å². The molecule has 33 heavy (non-hydrogen) atoms. The number of aliphatic hydroxyl groups is 1. The molecule has 2 aliphatic rings. The van der Waals surface area contributed by atoms with E-state index in [2.05, 4.69) is 82.7 Å². The van der Waals surface area contributed by atoms with Crippen molar-refractivity contribution in [3.8, 4) is 5.75 Å². The van der Waals surface area contributed by atoms with Crippen molar-refractivity contribution in [1.29, 1.82) is 0 Å². The fraction of sp³-hybridized carbons (Fsp3) is 0.310. The van der Waals surface area contributed by atoms with Crippen molar-refractivity contribution in [2.45, 2.75) is 36.8 Å². The number of likely N-dealkylation sites (tertiary alicyclic amines) is 1. The molecular formula is C29H30N2O2. The minimum atomic E-state index is -0.871. The van der Waals surface area contributed by atoms with Gasteiger partial charge in [-0.25, -0.2) is 0 Å². The molecule has 1 aliphatic carbocycles. The Morgan fingerprint density at radius 3 is 2.64 bits per heavy atom. The van der Waals surface area contributed by atoms with Crippen LogP contribution in [0.4, 0.5) is 0 Å². The van der Waals surface area contributed by atoms with Crippen molar-refractivity contribution >= 4 is 10.9 Å². The number of H-pyrrole nitrogens is 1. The van der Waals surface area contributed by atoms with E-state index in [-0.39, 0.29) is 5.41 Å². The van der Waals surface area contributed by atoms with Gasteiger partial charge in [0.15, 0.2) is 0 Å². The summed E-state index contributed by atoms with van der Waals surface area (Å²) in [5, 5.41) is 13.8. The third-order valence-electron chi connectivity index (χ3n) is 7.95. The molecule has 0 spiro atoms. The van der Waals surface area contributed by atoms with E-state index >= 15 is 0 Å². The summed E-state index contributed by atoms with van der Waals surface area (Å²) in [7, 11) is 1.71. The largest absolute Gasteiger partial charge is 0.497 e. The summed E-state index contributed by atoms with van der Waals surface area (Å²) in [6, 6.07) is 27.4.